The third-order valence-corrected chi connectivity index (χ3v) is 6.00. The number of aromatic nitrogens is 4. The summed E-state index contributed by atoms with van der Waals surface area (Å²) in [6, 6.07) is 19.9. The highest BCUT2D eigenvalue weighted by atomic mass is 79.9. The summed E-state index contributed by atoms with van der Waals surface area (Å²) in [6.45, 7) is 2.50. The lowest BCUT2D eigenvalue weighted by molar-refractivity contribution is -0.113. The number of hydrogen-bond donors (Lipinski definition) is 1. The van der Waals surface area contributed by atoms with Crippen LogP contribution in [-0.2, 0) is 17.8 Å². The van der Waals surface area contributed by atoms with Crippen LogP contribution in [-0.4, -0.2) is 31.6 Å². The van der Waals surface area contributed by atoms with Crippen LogP contribution in [0.3, 0.4) is 0 Å². The molecule has 0 saturated carbocycles. The van der Waals surface area contributed by atoms with Crippen molar-refractivity contribution in [2.24, 2.45) is 0 Å². The summed E-state index contributed by atoms with van der Waals surface area (Å²) in [5.41, 5.74) is 2.91. The Morgan fingerprint density at radius 3 is 2.61 bits per heavy atom. The molecule has 0 aliphatic heterocycles. The average molecular weight is 498 g/mol. The van der Waals surface area contributed by atoms with Gasteiger partial charge in [-0.05, 0) is 31.0 Å². The monoisotopic (exact) mass is 497 g/mol. The van der Waals surface area contributed by atoms with Crippen molar-refractivity contribution in [1.29, 1.82) is 0 Å². The van der Waals surface area contributed by atoms with Gasteiger partial charge in [-0.1, -0.05) is 75.3 Å². The third kappa shape index (κ3) is 5.62. The van der Waals surface area contributed by atoms with E-state index in [4.69, 9.17) is 4.52 Å². The minimum atomic E-state index is -0.191. The minimum Gasteiger partial charge on any atom is -0.338 e. The van der Waals surface area contributed by atoms with Crippen molar-refractivity contribution in [3.05, 3.63) is 76.4 Å². The van der Waals surface area contributed by atoms with Gasteiger partial charge in [0.25, 0.3) is 0 Å². The number of carbonyl (C=O) groups is 1. The molecule has 0 unspecified atom stereocenters. The van der Waals surface area contributed by atoms with Gasteiger partial charge >= 0.3 is 0 Å². The highest BCUT2D eigenvalue weighted by molar-refractivity contribution is 9.10. The number of amides is 1. The summed E-state index contributed by atoms with van der Waals surface area (Å²) in [7, 11) is 0. The minimum absolute atomic E-state index is 0.184. The number of nitrogens with one attached hydrogen (secondary N) is 1. The fourth-order valence-electron chi connectivity index (χ4n) is 3.02. The van der Waals surface area contributed by atoms with Gasteiger partial charge in [-0.3, -0.25) is 10.1 Å². The second-order valence-corrected chi connectivity index (χ2v) is 8.73. The first-order chi connectivity index (χ1) is 15.1. The molecule has 2 heterocycles. The zero-order valence-electron chi connectivity index (χ0n) is 16.8. The van der Waals surface area contributed by atoms with Crippen molar-refractivity contribution in [2.45, 2.75) is 25.0 Å². The van der Waals surface area contributed by atoms with Crippen molar-refractivity contribution in [3.8, 4) is 11.4 Å². The lowest BCUT2D eigenvalue weighted by atomic mass is 10.1. The lowest BCUT2D eigenvalue weighted by Crippen LogP contribution is -2.14. The maximum atomic E-state index is 12.3. The Morgan fingerprint density at radius 2 is 1.90 bits per heavy atom. The molecule has 2 aromatic carbocycles. The Balaban J connectivity index is 1.51. The van der Waals surface area contributed by atoms with Crippen LogP contribution in [0.1, 0.15) is 11.3 Å². The number of anilines is 1. The van der Waals surface area contributed by atoms with E-state index in [9.17, 15) is 4.79 Å². The quantitative estimate of drug-likeness (QED) is 0.345. The number of benzene rings is 2. The molecule has 0 spiro atoms. The van der Waals surface area contributed by atoms with Crippen molar-refractivity contribution < 1.29 is 9.32 Å². The second kappa shape index (κ2) is 9.93. The smallest absolute Gasteiger partial charge is 0.237 e. The first kappa shape index (κ1) is 21.3. The summed E-state index contributed by atoms with van der Waals surface area (Å²) in [5.74, 6) is 1.11. The number of hydrogen-bond acceptors (Lipinski definition) is 6. The number of rotatable bonds is 8. The van der Waals surface area contributed by atoms with E-state index in [0.717, 1.165) is 22.3 Å². The van der Waals surface area contributed by atoms with E-state index in [0.29, 0.717) is 23.3 Å². The van der Waals surface area contributed by atoms with Gasteiger partial charge in [0.05, 0.1) is 11.4 Å². The van der Waals surface area contributed by atoms with Gasteiger partial charge in [-0.2, -0.15) is 0 Å². The first-order valence-electron chi connectivity index (χ1n) is 9.67. The molecular weight excluding hydrogens is 478 g/mol. The molecular formula is C22H20BrN5O2S. The zero-order valence-corrected chi connectivity index (χ0v) is 19.2. The van der Waals surface area contributed by atoms with Crippen LogP contribution in [0.5, 0.6) is 0 Å². The predicted octanol–water partition coefficient (Wildman–Crippen LogP) is 4.98. The molecule has 1 N–H and O–H groups in total. The van der Waals surface area contributed by atoms with Crippen LogP contribution in [0.15, 0.2) is 74.8 Å². The van der Waals surface area contributed by atoms with Crippen LogP contribution in [0, 0.1) is 6.92 Å². The van der Waals surface area contributed by atoms with Gasteiger partial charge < -0.3 is 9.09 Å². The van der Waals surface area contributed by atoms with Crippen molar-refractivity contribution in [2.75, 3.05) is 11.1 Å². The van der Waals surface area contributed by atoms with Gasteiger partial charge in [0.15, 0.2) is 11.0 Å². The molecule has 158 valence electrons. The van der Waals surface area contributed by atoms with Crippen LogP contribution < -0.4 is 5.32 Å². The Kier molecular flexibility index (Phi) is 6.83. The largest absolute Gasteiger partial charge is 0.338 e. The van der Waals surface area contributed by atoms with E-state index in [-0.39, 0.29) is 11.7 Å². The molecule has 0 saturated heterocycles. The Morgan fingerprint density at radius 1 is 1.13 bits per heavy atom. The molecule has 2 aromatic heterocycles. The highest BCUT2D eigenvalue weighted by Crippen LogP contribution is 2.26. The van der Waals surface area contributed by atoms with E-state index in [1.54, 1.807) is 13.0 Å². The molecule has 0 bridgehead atoms. The molecule has 0 atom stereocenters. The molecule has 31 heavy (non-hydrogen) atoms. The van der Waals surface area contributed by atoms with E-state index in [1.165, 1.54) is 17.3 Å². The SMILES string of the molecule is Cc1cc(NC(=O)CSc2nnc(-c3ccc(Br)cc3)n2CCc2ccccc2)on1. The van der Waals surface area contributed by atoms with Gasteiger partial charge in [-0.15, -0.1) is 10.2 Å². The van der Waals surface area contributed by atoms with Gasteiger partial charge in [0.2, 0.25) is 11.8 Å². The normalized spacial score (nSPS) is 10.9. The van der Waals surface area contributed by atoms with E-state index in [2.05, 4.69) is 53.3 Å². The molecule has 0 fully saturated rings. The average Bonchev–Trinajstić information content (AvgIpc) is 3.37. The molecule has 1 amide bonds. The number of thioether (sulfide) groups is 1. The molecule has 4 aromatic rings. The van der Waals surface area contributed by atoms with E-state index in [1.807, 2.05) is 42.5 Å². The van der Waals surface area contributed by atoms with Crippen LogP contribution in [0.2, 0.25) is 0 Å². The maximum absolute atomic E-state index is 12.3. The number of aryl methyl sites for hydroxylation is 2. The van der Waals surface area contributed by atoms with Crippen molar-refractivity contribution in [3.63, 3.8) is 0 Å². The molecule has 9 heteroatoms. The molecule has 0 aliphatic carbocycles. The number of carbonyl (C=O) groups excluding carboxylic acids is 1. The van der Waals surface area contributed by atoms with Gasteiger partial charge in [0.1, 0.15) is 0 Å². The summed E-state index contributed by atoms with van der Waals surface area (Å²) in [5, 5.41) is 15.9. The predicted molar refractivity (Wildman–Crippen MR) is 124 cm³/mol. The Bertz CT molecular complexity index is 1160. The first-order valence-corrected chi connectivity index (χ1v) is 11.5. The van der Waals surface area contributed by atoms with E-state index < -0.39 is 0 Å². The lowest BCUT2D eigenvalue weighted by Gasteiger charge is -2.10. The van der Waals surface area contributed by atoms with Crippen LogP contribution in [0.25, 0.3) is 11.4 Å². The molecule has 0 radical (unpaired) electrons. The number of nitrogens with zero attached hydrogens (tertiary/aromatic N) is 4. The second-order valence-electron chi connectivity index (χ2n) is 6.87. The van der Waals surface area contributed by atoms with E-state index >= 15 is 0 Å². The molecule has 0 aliphatic rings. The number of halogens is 1. The van der Waals surface area contributed by atoms with Crippen molar-refractivity contribution in [1.82, 2.24) is 19.9 Å². The zero-order chi connectivity index (χ0) is 21.6. The van der Waals surface area contributed by atoms with Gasteiger partial charge in [-0.25, -0.2) is 0 Å². The van der Waals surface area contributed by atoms with Crippen molar-refractivity contribution >= 4 is 39.5 Å². The topological polar surface area (TPSA) is 85.8 Å². The van der Waals surface area contributed by atoms with Crippen LogP contribution in [0.4, 0.5) is 5.88 Å². The molecule has 7 nitrogen and oxygen atoms in total. The Hall–Kier alpha value is -2.91. The summed E-state index contributed by atoms with van der Waals surface area (Å²) < 4.78 is 8.10. The summed E-state index contributed by atoms with van der Waals surface area (Å²) in [6.07, 6.45) is 0.833. The third-order valence-electron chi connectivity index (χ3n) is 4.51. The summed E-state index contributed by atoms with van der Waals surface area (Å²) >= 11 is 4.81. The highest BCUT2D eigenvalue weighted by Gasteiger charge is 2.16. The Labute approximate surface area is 192 Å². The standard InChI is InChI=1S/C22H20BrN5O2S/c1-15-13-20(30-27-15)24-19(29)14-31-22-26-25-21(17-7-9-18(23)10-8-17)28(22)12-11-16-5-3-2-4-6-16/h2-10,13H,11-12,14H2,1H3,(H,24,29). The van der Waals surface area contributed by atoms with Gasteiger partial charge in [0, 0.05) is 22.6 Å². The summed E-state index contributed by atoms with van der Waals surface area (Å²) in [4.78, 5) is 12.3. The maximum Gasteiger partial charge on any atom is 0.237 e. The molecule has 4 rings (SSSR count). The van der Waals surface area contributed by atoms with Crippen LogP contribution >= 0.6 is 27.7 Å². The fraction of sp³-hybridized carbons (Fsp3) is 0.182. The fourth-order valence-corrected chi connectivity index (χ4v) is 4.05.